The van der Waals surface area contributed by atoms with E-state index in [0.717, 1.165) is 35.4 Å². The van der Waals surface area contributed by atoms with Crippen molar-refractivity contribution in [1.29, 1.82) is 0 Å². The van der Waals surface area contributed by atoms with E-state index in [1.165, 1.54) is 6.92 Å². The van der Waals surface area contributed by atoms with Crippen molar-refractivity contribution in [2.75, 3.05) is 45.2 Å². The Morgan fingerprint density at radius 2 is 1.93 bits per heavy atom. The van der Waals surface area contributed by atoms with Crippen molar-refractivity contribution in [3.63, 3.8) is 0 Å². The van der Waals surface area contributed by atoms with Crippen LogP contribution in [0.3, 0.4) is 0 Å². The van der Waals surface area contributed by atoms with Gasteiger partial charge in [-0.05, 0) is 72.6 Å². The Labute approximate surface area is 262 Å². The third-order valence-corrected chi connectivity index (χ3v) is 8.27. The number of rotatable bonds is 14. The first-order chi connectivity index (χ1) is 21.3. The van der Waals surface area contributed by atoms with E-state index in [1.807, 2.05) is 29.2 Å². The van der Waals surface area contributed by atoms with Crippen LogP contribution >= 0.6 is 11.8 Å². The van der Waals surface area contributed by atoms with Gasteiger partial charge in [0.25, 0.3) is 0 Å². The number of fused-ring (bicyclic) bond motifs is 3. The zero-order valence-electron chi connectivity index (χ0n) is 25.9. The predicted molar refractivity (Wildman–Crippen MR) is 173 cm³/mol. The minimum Gasteiger partial charge on any atom is -0.493 e. The van der Waals surface area contributed by atoms with Gasteiger partial charge in [-0.15, -0.1) is 0 Å². The lowest BCUT2D eigenvalue weighted by molar-refractivity contribution is -0.122. The van der Waals surface area contributed by atoms with Gasteiger partial charge >= 0.3 is 0 Å². The summed E-state index contributed by atoms with van der Waals surface area (Å²) in [5.41, 5.74) is 3.10. The van der Waals surface area contributed by atoms with Crippen LogP contribution in [0.25, 0.3) is 11.1 Å². The summed E-state index contributed by atoms with van der Waals surface area (Å²) in [6.07, 6.45) is 9.78. The van der Waals surface area contributed by atoms with Crippen molar-refractivity contribution < 1.29 is 23.8 Å². The fraction of sp³-hybridized carbons (Fsp3) is 0.438. The van der Waals surface area contributed by atoms with Crippen LogP contribution in [0.1, 0.15) is 43.4 Å². The Hall–Kier alpha value is -4.19. The van der Waals surface area contributed by atoms with Crippen LogP contribution in [0.2, 0.25) is 0 Å². The number of thioether (sulfide) groups is 1. The highest BCUT2D eigenvalue weighted by Crippen LogP contribution is 2.50. The second kappa shape index (κ2) is 15.5. The molecule has 0 fully saturated rings. The lowest BCUT2D eigenvalue weighted by atomic mass is 9.95. The van der Waals surface area contributed by atoms with Gasteiger partial charge in [-0.2, -0.15) is 11.8 Å². The van der Waals surface area contributed by atoms with Gasteiger partial charge in [0.1, 0.15) is 6.04 Å². The molecule has 4 rings (SSSR count). The minimum absolute atomic E-state index is 0.169. The Bertz CT molecular complexity index is 1510. The molecular weight excluding hydrogens is 582 g/mol. The maximum atomic E-state index is 13.8. The molecule has 2 aromatic carbocycles. The van der Waals surface area contributed by atoms with Gasteiger partial charge in [-0.25, -0.2) is 4.98 Å². The monoisotopic (exact) mass is 623 g/mol. The van der Waals surface area contributed by atoms with Crippen LogP contribution in [0, 0.1) is 0 Å². The number of ether oxygens (including phenoxy) is 3. The molecule has 1 aliphatic carbocycles. The van der Waals surface area contributed by atoms with Gasteiger partial charge in [-0.1, -0.05) is 6.07 Å². The molecule has 2 atom stereocenters. The summed E-state index contributed by atoms with van der Waals surface area (Å²) in [7, 11) is 4.68. The normalized spacial score (nSPS) is 14.3. The fourth-order valence-electron chi connectivity index (χ4n) is 5.53. The zero-order chi connectivity index (χ0) is 31.6. The van der Waals surface area contributed by atoms with Crippen molar-refractivity contribution in [3.8, 4) is 28.4 Å². The molecule has 0 radical (unpaired) electrons. The van der Waals surface area contributed by atoms with E-state index in [2.05, 4.69) is 20.9 Å². The first kappa shape index (κ1) is 32.7. The highest BCUT2D eigenvalue weighted by molar-refractivity contribution is 7.98. The molecule has 1 heterocycles. The number of aromatic nitrogens is 2. The van der Waals surface area contributed by atoms with Crippen LogP contribution in [0.15, 0.2) is 47.8 Å². The summed E-state index contributed by atoms with van der Waals surface area (Å²) in [5.74, 6) is 1.81. The third kappa shape index (κ3) is 7.65. The van der Waals surface area contributed by atoms with Gasteiger partial charge < -0.3 is 34.7 Å². The number of methoxy groups -OCH3 is 3. The largest absolute Gasteiger partial charge is 0.493 e. The Kier molecular flexibility index (Phi) is 11.5. The average Bonchev–Trinajstić information content (AvgIpc) is 3.43. The highest BCUT2D eigenvalue weighted by Gasteiger charge is 2.30. The molecule has 12 heteroatoms. The molecule has 2 unspecified atom stereocenters. The molecule has 11 nitrogen and oxygen atoms in total. The summed E-state index contributed by atoms with van der Waals surface area (Å²) < 4.78 is 19.1. The number of hydrogen-bond acceptors (Lipinski definition) is 9. The second-order valence-electron chi connectivity index (χ2n) is 10.5. The Balaban J connectivity index is 1.72. The first-order valence-corrected chi connectivity index (χ1v) is 16.0. The molecule has 0 bridgehead atoms. The van der Waals surface area contributed by atoms with E-state index in [1.54, 1.807) is 57.7 Å². The topological polar surface area (TPSA) is 133 Å². The molecule has 0 spiro atoms. The lowest BCUT2D eigenvalue weighted by Gasteiger charge is -2.19. The van der Waals surface area contributed by atoms with E-state index in [4.69, 9.17) is 14.2 Å². The quantitative estimate of drug-likeness (QED) is 0.229. The van der Waals surface area contributed by atoms with Gasteiger partial charge in [0.2, 0.25) is 23.0 Å². The van der Waals surface area contributed by atoms with Gasteiger partial charge in [0, 0.05) is 38.0 Å². The Morgan fingerprint density at radius 3 is 2.59 bits per heavy atom. The number of imidazole rings is 1. The molecule has 236 valence electrons. The maximum Gasteiger partial charge on any atom is 0.242 e. The zero-order valence-corrected chi connectivity index (χ0v) is 26.7. The molecule has 2 amide bonds. The fourth-order valence-corrected chi connectivity index (χ4v) is 6.01. The molecule has 3 N–H and O–H groups in total. The summed E-state index contributed by atoms with van der Waals surface area (Å²) in [6, 6.07) is 5.99. The lowest BCUT2D eigenvalue weighted by Crippen LogP contribution is -2.41. The minimum atomic E-state index is -0.608. The van der Waals surface area contributed by atoms with E-state index < -0.39 is 12.1 Å². The molecular formula is C32H41N5O6S. The van der Waals surface area contributed by atoms with Crippen molar-refractivity contribution >= 4 is 29.3 Å². The predicted octanol–water partition coefficient (Wildman–Crippen LogP) is 3.80. The number of anilines is 1. The number of nitrogens with zero attached hydrogens (tertiary/aromatic N) is 2. The number of amides is 2. The number of nitrogens with one attached hydrogen (secondary N) is 3. The standard InChI is InChI=1S/C32H41N5O6S/c1-20(38)35-24-9-7-21-17-28(41-2)30(42-3)31(43-4)29(21)22-8-10-25(27(39)18-23(22)24)36-26(11-16-44-5)32(40)34-12-6-14-37-15-13-33-19-37/h8,10,13,15,17-19,24,26H,6-7,9,11-12,14,16H2,1-5H3,(H,34,40)(H,35,38)(H,36,39). The number of carbonyl (C=O) groups excluding carboxylic acids is 2. The van der Waals surface area contributed by atoms with Crippen LogP contribution in [-0.2, 0) is 22.6 Å². The number of aryl methyl sites for hydroxylation is 2. The van der Waals surface area contributed by atoms with E-state index in [0.29, 0.717) is 54.3 Å². The number of carbonyl (C=O) groups is 2. The van der Waals surface area contributed by atoms with Crippen molar-refractivity contribution in [3.05, 3.63) is 64.3 Å². The summed E-state index contributed by atoms with van der Waals surface area (Å²) in [5, 5.41) is 9.26. The average molecular weight is 624 g/mol. The molecule has 44 heavy (non-hydrogen) atoms. The molecule has 1 aliphatic rings. The van der Waals surface area contributed by atoms with E-state index in [9.17, 15) is 14.4 Å². The van der Waals surface area contributed by atoms with Crippen LogP contribution in [-0.4, -0.2) is 67.3 Å². The summed E-state index contributed by atoms with van der Waals surface area (Å²) >= 11 is 1.63. The van der Waals surface area contributed by atoms with Gasteiger partial charge in [0.15, 0.2) is 11.5 Å². The van der Waals surface area contributed by atoms with Gasteiger partial charge in [-0.3, -0.25) is 14.4 Å². The molecule has 0 saturated carbocycles. The molecule has 1 aromatic heterocycles. The van der Waals surface area contributed by atoms with Crippen molar-refractivity contribution in [1.82, 2.24) is 20.2 Å². The van der Waals surface area contributed by atoms with Crippen molar-refractivity contribution in [2.45, 2.75) is 51.2 Å². The Morgan fingerprint density at radius 1 is 1.14 bits per heavy atom. The molecule has 0 aliphatic heterocycles. The number of benzene rings is 1. The third-order valence-electron chi connectivity index (χ3n) is 7.62. The molecule has 3 aromatic rings. The second-order valence-corrected chi connectivity index (χ2v) is 11.5. The van der Waals surface area contributed by atoms with E-state index in [-0.39, 0.29) is 17.2 Å². The van der Waals surface area contributed by atoms with E-state index >= 15 is 0 Å². The summed E-state index contributed by atoms with van der Waals surface area (Å²) in [6.45, 7) is 2.70. The SMILES string of the molecule is COc1cc2c(c(OC)c1OC)-c1ccc(NC(CCSC)C(=O)NCCCn3ccnc3)c(=O)cc1C(NC(C)=O)CC2. The number of hydrogen-bond donors (Lipinski definition) is 3. The van der Waals surface area contributed by atoms with Crippen LogP contribution < -0.4 is 35.6 Å². The summed E-state index contributed by atoms with van der Waals surface area (Å²) in [4.78, 5) is 43.3. The van der Waals surface area contributed by atoms with Gasteiger partial charge in [0.05, 0.1) is 39.4 Å². The highest BCUT2D eigenvalue weighted by atomic mass is 32.2. The van der Waals surface area contributed by atoms with Crippen molar-refractivity contribution in [2.24, 2.45) is 0 Å². The maximum absolute atomic E-state index is 13.8. The van der Waals surface area contributed by atoms with Crippen LogP contribution in [0.5, 0.6) is 17.2 Å². The smallest absolute Gasteiger partial charge is 0.242 e. The van der Waals surface area contributed by atoms with Crippen LogP contribution in [0.4, 0.5) is 5.69 Å². The first-order valence-electron chi connectivity index (χ1n) is 14.6. The molecule has 0 saturated heterocycles.